The summed E-state index contributed by atoms with van der Waals surface area (Å²) in [7, 11) is 3.94. The third kappa shape index (κ3) is 4.71. The quantitative estimate of drug-likeness (QED) is 0.280. The molecule has 1 heterocycles. The molecule has 0 spiro atoms. The van der Waals surface area contributed by atoms with Crippen molar-refractivity contribution in [1.82, 2.24) is 4.98 Å². The van der Waals surface area contributed by atoms with Crippen LogP contribution < -0.4 is 9.64 Å². The van der Waals surface area contributed by atoms with Gasteiger partial charge in [0.1, 0.15) is 5.75 Å². The molecule has 0 saturated heterocycles. The number of carbonyl (C=O) groups excluding carboxylic acids is 2. The molecule has 5 heteroatoms. The van der Waals surface area contributed by atoms with Crippen LogP contribution in [0.1, 0.15) is 26.3 Å². The van der Waals surface area contributed by atoms with Crippen LogP contribution in [0.25, 0.3) is 6.08 Å². The van der Waals surface area contributed by atoms with E-state index in [0.717, 1.165) is 11.3 Å². The summed E-state index contributed by atoms with van der Waals surface area (Å²) < 4.78 is 5.42. The summed E-state index contributed by atoms with van der Waals surface area (Å²) in [6.45, 7) is 0. The van der Waals surface area contributed by atoms with E-state index in [4.69, 9.17) is 4.74 Å². The van der Waals surface area contributed by atoms with Crippen LogP contribution in [0, 0.1) is 0 Å². The zero-order valence-electron chi connectivity index (χ0n) is 15.7. The van der Waals surface area contributed by atoms with E-state index in [9.17, 15) is 9.59 Å². The van der Waals surface area contributed by atoms with Crippen LogP contribution >= 0.6 is 0 Å². The van der Waals surface area contributed by atoms with Gasteiger partial charge < -0.3 is 9.64 Å². The van der Waals surface area contributed by atoms with Gasteiger partial charge in [-0.3, -0.25) is 9.78 Å². The maximum atomic E-state index is 12.6. The molecule has 0 atom stereocenters. The van der Waals surface area contributed by atoms with Crippen LogP contribution in [-0.2, 0) is 0 Å². The number of benzene rings is 2. The van der Waals surface area contributed by atoms with Gasteiger partial charge in [0.25, 0.3) is 0 Å². The van der Waals surface area contributed by atoms with E-state index < -0.39 is 5.97 Å². The van der Waals surface area contributed by atoms with Crippen LogP contribution in [0.2, 0.25) is 0 Å². The minimum atomic E-state index is -0.536. The fraction of sp³-hybridized carbons (Fsp3) is 0.0870. The first-order chi connectivity index (χ1) is 13.5. The maximum absolute atomic E-state index is 12.6. The highest BCUT2D eigenvalue weighted by Gasteiger charge is 2.14. The van der Waals surface area contributed by atoms with Crippen LogP contribution in [-0.4, -0.2) is 30.8 Å². The molecular weight excluding hydrogens is 352 g/mol. The number of para-hydroxylation sites is 1. The normalized spacial score (nSPS) is 10.6. The Kier molecular flexibility index (Phi) is 5.97. The van der Waals surface area contributed by atoms with E-state index in [-0.39, 0.29) is 11.5 Å². The fourth-order valence-corrected chi connectivity index (χ4v) is 2.55. The van der Waals surface area contributed by atoms with Gasteiger partial charge in [-0.15, -0.1) is 0 Å². The smallest absolute Gasteiger partial charge is 0.343 e. The Hall–Kier alpha value is -3.73. The molecule has 0 amide bonds. The number of pyridine rings is 1. The summed E-state index contributed by atoms with van der Waals surface area (Å²) in [6, 6.07) is 17.6. The molecule has 28 heavy (non-hydrogen) atoms. The zero-order chi connectivity index (χ0) is 19.9. The molecule has 2 aromatic carbocycles. The van der Waals surface area contributed by atoms with E-state index >= 15 is 0 Å². The van der Waals surface area contributed by atoms with E-state index in [0.29, 0.717) is 11.1 Å². The van der Waals surface area contributed by atoms with Crippen molar-refractivity contribution >= 4 is 23.5 Å². The average Bonchev–Trinajstić information content (AvgIpc) is 2.73. The highest BCUT2D eigenvalue weighted by Crippen LogP contribution is 2.21. The number of aromatic nitrogens is 1. The van der Waals surface area contributed by atoms with Gasteiger partial charge >= 0.3 is 5.97 Å². The highest BCUT2D eigenvalue weighted by molar-refractivity contribution is 6.09. The first-order valence-corrected chi connectivity index (χ1v) is 8.75. The van der Waals surface area contributed by atoms with Crippen molar-refractivity contribution in [2.45, 2.75) is 0 Å². The van der Waals surface area contributed by atoms with Gasteiger partial charge in [0.05, 0.1) is 11.1 Å². The van der Waals surface area contributed by atoms with Crippen molar-refractivity contribution in [3.05, 3.63) is 95.8 Å². The molecule has 1 aromatic heterocycles. The second-order valence-corrected chi connectivity index (χ2v) is 6.31. The van der Waals surface area contributed by atoms with Gasteiger partial charge in [-0.25, -0.2) is 4.79 Å². The van der Waals surface area contributed by atoms with Crippen molar-refractivity contribution in [1.29, 1.82) is 0 Å². The van der Waals surface area contributed by atoms with E-state index in [2.05, 4.69) is 4.98 Å². The summed E-state index contributed by atoms with van der Waals surface area (Å²) in [5.74, 6) is -0.553. The standard InChI is InChI=1S/C23H20N2O3/c1-25(2)19-10-7-17(8-11-19)9-12-21(26)20-5-3-4-6-22(20)28-23(27)18-13-15-24-16-14-18/h3-16H,1-2H3/b12-9+. The Bertz CT molecular complexity index is 994. The van der Waals surface area contributed by atoms with Gasteiger partial charge in [0.15, 0.2) is 5.78 Å². The summed E-state index contributed by atoms with van der Waals surface area (Å²) in [4.78, 5) is 30.8. The Balaban J connectivity index is 1.76. The molecule has 0 saturated carbocycles. The van der Waals surface area contributed by atoms with Crippen LogP contribution in [0.3, 0.4) is 0 Å². The maximum Gasteiger partial charge on any atom is 0.343 e. The fourth-order valence-electron chi connectivity index (χ4n) is 2.55. The largest absolute Gasteiger partial charge is 0.422 e. The molecule has 0 radical (unpaired) electrons. The Morgan fingerprint density at radius 1 is 0.929 bits per heavy atom. The monoisotopic (exact) mass is 372 g/mol. The molecule has 0 aliphatic carbocycles. The summed E-state index contributed by atoms with van der Waals surface area (Å²) in [5.41, 5.74) is 2.68. The number of anilines is 1. The lowest BCUT2D eigenvalue weighted by Gasteiger charge is -2.11. The Morgan fingerprint density at radius 3 is 2.29 bits per heavy atom. The number of ketones is 1. The van der Waals surface area contributed by atoms with Crippen molar-refractivity contribution in [2.24, 2.45) is 0 Å². The van der Waals surface area contributed by atoms with Crippen molar-refractivity contribution in [3.8, 4) is 5.75 Å². The number of carbonyl (C=O) groups is 2. The third-order valence-electron chi connectivity index (χ3n) is 4.11. The lowest BCUT2D eigenvalue weighted by atomic mass is 10.1. The van der Waals surface area contributed by atoms with Crippen molar-refractivity contribution in [3.63, 3.8) is 0 Å². The van der Waals surface area contributed by atoms with Gasteiger partial charge in [-0.1, -0.05) is 30.3 Å². The Labute approximate surface area is 163 Å². The number of allylic oxidation sites excluding steroid dienone is 1. The predicted octanol–water partition coefficient (Wildman–Crippen LogP) is 4.26. The van der Waals surface area contributed by atoms with Gasteiger partial charge in [-0.2, -0.15) is 0 Å². The third-order valence-corrected chi connectivity index (χ3v) is 4.11. The first-order valence-electron chi connectivity index (χ1n) is 8.75. The lowest BCUT2D eigenvalue weighted by molar-refractivity contribution is 0.0733. The van der Waals surface area contributed by atoms with Gasteiger partial charge in [0, 0.05) is 32.2 Å². The number of ether oxygens (including phenoxy) is 1. The van der Waals surface area contributed by atoms with Crippen LogP contribution in [0.5, 0.6) is 5.75 Å². The second-order valence-electron chi connectivity index (χ2n) is 6.31. The number of rotatable bonds is 6. The van der Waals surface area contributed by atoms with Crippen LogP contribution in [0.4, 0.5) is 5.69 Å². The molecule has 3 rings (SSSR count). The number of hydrogen-bond donors (Lipinski definition) is 0. The summed E-state index contributed by atoms with van der Waals surface area (Å²) >= 11 is 0. The molecule has 140 valence electrons. The number of esters is 1. The summed E-state index contributed by atoms with van der Waals surface area (Å²) in [5, 5.41) is 0. The molecule has 0 aliphatic heterocycles. The molecule has 0 unspecified atom stereocenters. The number of hydrogen-bond acceptors (Lipinski definition) is 5. The highest BCUT2D eigenvalue weighted by atomic mass is 16.5. The van der Waals surface area contributed by atoms with Crippen molar-refractivity contribution < 1.29 is 14.3 Å². The molecule has 3 aromatic rings. The van der Waals surface area contributed by atoms with Crippen LogP contribution in [0.15, 0.2) is 79.1 Å². The molecule has 0 bridgehead atoms. The minimum Gasteiger partial charge on any atom is -0.422 e. The molecule has 0 N–H and O–H groups in total. The summed E-state index contributed by atoms with van der Waals surface area (Å²) in [6.07, 6.45) is 6.24. The molecule has 5 nitrogen and oxygen atoms in total. The molecular formula is C23H20N2O3. The predicted molar refractivity (Wildman–Crippen MR) is 110 cm³/mol. The van der Waals surface area contributed by atoms with Crippen molar-refractivity contribution in [2.75, 3.05) is 19.0 Å². The Morgan fingerprint density at radius 2 is 1.61 bits per heavy atom. The van der Waals surface area contributed by atoms with E-state index in [1.807, 2.05) is 43.3 Å². The van der Waals surface area contributed by atoms with E-state index in [1.165, 1.54) is 18.5 Å². The first kappa shape index (κ1) is 19.0. The second kappa shape index (κ2) is 8.77. The van der Waals surface area contributed by atoms with Gasteiger partial charge in [0.2, 0.25) is 0 Å². The lowest BCUT2D eigenvalue weighted by Crippen LogP contribution is -2.11. The van der Waals surface area contributed by atoms with Gasteiger partial charge in [-0.05, 0) is 48.0 Å². The SMILES string of the molecule is CN(C)c1ccc(/C=C/C(=O)c2ccccc2OC(=O)c2ccncc2)cc1. The average molecular weight is 372 g/mol. The van der Waals surface area contributed by atoms with E-state index in [1.54, 1.807) is 42.5 Å². The molecule has 0 aliphatic rings. The number of nitrogens with zero attached hydrogens (tertiary/aromatic N) is 2. The zero-order valence-corrected chi connectivity index (χ0v) is 15.7. The topological polar surface area (TPSA) is 59.5 Å². The minimum absolute atomic E-state index is 0.224. The molecule has 0 fully saturated rings.